The van der Waals surface area contributed by atoms with Crippen LogP contribution in [0.5, 0.6) is 5.75 Å². The highest BCUT2D eigenvalue weighted by atomic mass is 35.5. The van der Waals surface area contributed by atoms with E-state index in [0.717, 1.165) is 5.75 Å². The molecule has 2 N–H and O–H groups in total. The zero-order chi connectivity index (χ0) is 13.9. The number of hydrogen-bond acceptors (Lipinski definition) is 3. The van der Waals surface area contributed by atoms with Crippen LogP contribution in [0.1, 0.15) is 10.4 Å². The Bertz CT molecular complexity index is 721. The van der Waals surface area contributed by atoms with Crippen molar-refractivity contribution in [3.63, 3.8) is 0 Å². The van der Waals surface area contributed by atoms with Gasteiger partial charge in [0.05, 0.1) is 0 Å². The molecule has 3 rings (SSSR count). The van der Waals surface area contributed by atoms with E-state index in [9.17, 15) is 0 Å². The van der Waals surface area contributed by atoms with Gasteiger partial charge >= 0.3 is 0 Å². The summed E-state index contributed by atoms with van der Waals surface area (Å²) in [7, 11) is 0. The maximum absolute atomic E-state index is 5.85. The van der Waals surface area contributed by atoms with Gasteiger partial charge in [-0.05, 0) is 47.3 Å². The lowest BCUT2D eigenvalue weighted by Gasteiger charge is -2.03. The third-order valence-corrected chi connectivity index (χ3v) is 4.44. The van der Waals surface area contributed by atoms with E-state index in [1.165, 1.54) is 20.5 Å². The summed E-state index contributed by atoms with van der Waals surface area (Å²) in [5, 5.41) is 1.95. The molecule has 20 heavy (non-hydrogen) atoms. The van der Waals surface area contributed by atoms with Gasteiger partial charge in [0, 0.05) is 21.1 Å². The normalized spacial score (nSPS) is 10.9. The van der Waals surface area contributed by atoms with Gasteiger partial charge in [-0.3, -0.25) is 0 Å². The van der Waals surface area contributed by atoms with Gasteiger partial charge in [-0.25, -0.2) is 0 Å². The summed E-state index contributed by atoms with van der Waals surface area (Å²) in [4.78, 5) is 1.19. The van der Waals surface area contributed by atoms with Crippen LogP contribution in [0.2, 0.25) is 5.02 Å². The van der Waals surface area contributed by atoms with E-state index in [0.29, 0.717) is 18.2 Å². The second-order valence-corrected chi connectivity index (χ2v) is 6.09. The van der Waals surface area contributed by atoms with Gasteiger partial charge in [-0.15, -0.1) is 11.3 Å². The standard InChI is InChI=1S/C16H14ClNOS/c17-12-4-6-13(7-5-12)19-10-14-8-15-11(9-18)2-1-3-16(15)20-14/h1-8H,9-10,18H2. The molecule has 0 fully saturated rings. The Hall–Kier alpha value is -1.55. The molecule has 0 saturated heterocycles. The summed E-state index contributed by atoms with van der Waals surface area (Å²) in [6, 6.07) is 15.8. The number of halogens is 1. The SMILES string of the molecule is NCc1cccc2sc(COc3ccc(Cl)cc3)cc12. The summed E-state index contributed by atoms with van der Waals surface area (Å²) in [5.74, 6) is 0.825. The lowest BCUT2D eigenvalue weighted by molar-refractivity contribution is 0.310. The molecule has 1 aromatic heterocycles. The van der Waals surface area contributed by atoms with E-state index in [1.54, 1.807) is 11.3 Å². The highest BCUT2D eigenvalue weighted by Gasteiger charge is 2.06. The third kappa shape index (κ3) is 2.80. The van der Waals surface area contributed by atoms with Gasteiger partial charge in [0.2, 0.25) is 0 Å². The molecule has 0 amide bonds. The predicted octanol–water partition coefficient (Wildman–Crippen LogP) is 4.59. The summed E-state index contributed by atoms with van der Waals surface area (Å²) in [6.07, 6.45) is 0. The summed E-state index contributed by atoms with van der Waals surface area (Å²) in [5.41, 5.74) is 6.94. The number of hydrogen-bond donors (Lipinski definition) is 1. The summed E-state index contributed by atoms with van der Waals surface area (Å²) in [6.45, 7) is 1.12. The van der Waals surface area contributed by atoms with Crippen LogP contribution in [0.25, 0.3) is 10.1 Å². The largest absolute Gasteiger partial charge is 0.488 e. The number of fused-ring (bicyclic) bond motifs is 1. The first-order valence-corrected chi connectivity index (χ1v) is 7.54. The van der Waals surface area contributed by atoms with Crippen LogP contribution < -0.4 is 10.5 Å². The Morgan fingerprint density at radius 1 is 1.10 bits per heavy atom. The molecule has 0 radical (unpaired) electrons. The molecule has 2 aromatic carbocycles. The van der Waals surface area contributed by atoms with Crippen molar-refractivity contribution < 1.29 is 4.74 Å². The van der Waals surface area contributed by atoms with Gasteiger partial charge in [-0.1, -0.05) is 23.7 Å². The molecular weight excluding hydrogens is 290 g/mol. The van der Waals surface area contributed by atoms with Gasteiger partial charge in [0.15, 0.2) is 0 Å². The highest BCUT2D eigenvalue weighted by Crippen LogP contribution is 2.29. The molecule has 0 bridgehead atoms. The molecule has 102 valence electrons. The molecule has 2 nitrogen and oxygen atoms in total. The quantitative estimate of drug-likeness (QED) is 0.765. The molecule has 1 heterocycles. The minimum atomic E-state index is 0.561. The van der Waals surface area contributed by atoms with Crippen molar-refractivity contribution in [2.24, 2.45) is 5.73 Å². The van der Waals surface area contributed by atoms with E-state index in [4.69, 9.17) is 22.1 Å². The van der Waals surface area contributed by atoms with Crippen LogP contribution in [0.3, 0.4) is 0 Å². The number of thiophene rings is 1. The van der Waals surface area contributed by atoms with E-state index in [1.807, 2.05) is 30.3 Å². The fourth-order valence-electron chi connectivity index (χ4n) is 2.11. The molecule has 0 atom stereocenters. The second kappa shape index (κ2) is 5.83. The van der Waals surface area contributed by atoms with Gasteiger partial charge in [0.1, 0.15) is 12.4 Å². The minimum Gasteiger partial charge on any atom is -0.488 e. The first-order valence-electron chi connectivity index (χ1n) is 6.35. The molecule has 4 heteroatoms. The maximum Gasteiger partial charge on any atom is 0.122 e. The molecular formula is C16H14ClNOS. The predicted molar refractivity (Wildman–Crippen MR) is 85.5 cm³/mol. The van der Waals surface area contributed by atoms with E-state index < -0.39 is 0 Å². The molecule has 0 aliphatic carbocycles. The fraction of sp³-hybridized carbons (Fsp3) is 0.125. The molecule has 0 aliphatic heterocycles. The third-order valence-electron chi connectivity index (χ3n) is 3.12. The first-order chi connectivity index (χ1) is 9.76. The molecule has 0 unspecified atom stereocenters. The summed E-state index contributed by atoms with van der Waals surface area (Å²) >= 11 is 7.59. The summed E-state index contributed by atoms with van der Waals surface area (Å²) < 4.78 is 7.02. The molecule has 0 aliphatic rings. The molecule has 0 spiro atoms. The number of nitrogens with two attached hydrogens (primary N) is 1. The van der Waals surface area contributed by atoms with Crippen molar-refractivity contribution >= 4 is 33.0 Å². The van der Waals surface area contributed by atoms with Crippen LogP contribution in [-0.2, 0) is 13.2 Å². The fourth-order valence-corrected chi connectivity index (χ4v) is 3.26. The number of benzene rings is 2. The Balaban J connectivity index is 1.79. The van der Waals surface area contributed by atoms with Crippen LogP contribution in [0.15, 0.2) is 48.5 Å². The van der Waals surface area contributed by atoms with Crippen molar-refractivity contribution in [1.82, 2.24) is 0 Å². The maximum atomic E-state index is 5.85. The highest BCUT2D eigenvalue weighted by molar-refractivity contribution is 7.19. The average molecular weight is 304 g/mol. The Morgan fingerprint density at radius 2 is 1.90 bits per heavy atom. The van der Waals surface area contributed by atoms with Gasteiger partial charge < -0.3 is 10.5 Å². The van der Waals surface area contributed by atoms with Crippen molar-refractivity contribution in [3.05, 3.63) is 64.0 Å². The van der Waals surface area contributed by atoms with Crippen molar-refractivity contribution in [2.75, 3.05) is 0 Å². The lowest BCUT2D eigenvalue weighted by Crippen LogP contribution is -1.95. The molecule has 0 saturated carbocycles. The molecule has 3 aromatic rings. The van der Waals surface area contributed by atoms with Gasteiger partial charge in [0.25, 0.3) is 0 Å². The van der Waals surface area contributed by atoms with Crippen molar-refractivity contribution in [2.45, 2.75) is 13.2 Å². The zero-order valence-electron chi connectivity index (χ0n) is 10.8. The van der Waals surface area contributed by atoms with Crippen LogP contribution in [-0.4, -0.2) is 0 Å². The zero-order valence-corrected chi connectivity index (χ0v) is 12.4. The van der Waals surface area contributed by atoms with E-state index in [2.05, 4.69) is 18.2 Å². The lowest BCUT2D eigenvalue weighted by atomic mass is 10.1. The Morgan fingerprint density at radius 3 is 2.65 bits per heavy atom. The topological polar surface area (TPSA) is 35.2 Å². The van der Waals surface area contributed by atoms with Crippen LogP contribution in [0, 0.1) is 0 Å². The van der Waals surface area contributed by atoms with Gasteiger partial charge in [-0.2, -0.15) is 0 Å². The van der Waals surface area contributed by atoms with E-state index in [-0.39, 0.29) is 0 Å². The first kappa shape index (κ1) is 13.4. The number of rotatable bonds is 4. The Kier molecular flexibility index (Phi) is 3.92. The van der Waals surface area contributed by atoms with E-state index >= 15 is 0 Å². The van der Waals surface area contributed by atoms with Crippen LogP contribution in [0.4, 0.5) is 0 Å². The Labute approximate surface area is 126 Å². The van der Waals surface area contributed by atoms with Crippen molar-refractivity contribution in [3.8, 4) is 5.75 Å². The van der Waals surface area contributed by atoms with Crippen LogP contribution >= 0.6 is 22.9 Å². The minimum absolute atomic E-state index is 0.561. The second-order valence-electron chi connectivity index (χ2n) is 4.49. The smallest absolute Gasteiger partial charge is 0.122 e. The average Bonchev–Trinajstić information content (AvgIpc) is 2.89. The monoisotopic (exact) mass is 303 g/mol. The number of ether oxygens (including phenoxy) is 1. The van der Waals surface area contributed by atoms with Crippen molar-refractivity contribution in [1.29, 1.82) is 0 Å².